The average molecular weight is 397 g/mol. The zero-order valence-corrected chi connectivity index (χ0v) is 17.2. The summed E-state index contributed by atoms with van der Waals surface area (Å²) in [5, 5.41) is 0. The fourth-order valence-corrected chi connectivity index (χ4v) is 4.19. The zero-order valence-electron chi connectivity index (χ0n) is 17.2. The molecule has 0 aliphatic carbocycles. The second-order valence-electron chi connectivity index (χ2n) is 8.41. The molecule has 1 aromatic heterocycles. The topological polar surface area (TPSA) is 75.9 Å². The summed E-state index contributed by atoms with van der Waals surface area (Å²) in [4.78, 5) is 33.2. The van der Waals surface area contributed by atoms with Gasteiger partial charge in [0, 0.05) is 24.7 Å². The van der Waals surface area contributed by atoms with Crippen molar-refractivity contribution >= 4 is 12.0 Å². The van der Waals surface area contributed by atoms with Crippen molar-refractivity contribution in [1.82, 2.24) is 14.8 Å². The maximum absolute atomic E-state index is 12.8. The van der Waals surface area contributed by atoms with Crippen LogP contribution >= 0.6 is 0 Å². The number of carbonyl (C=O) groups excluding carboxylic acids is 2. The molecule has 0 bridgehead atoms. The molecule has 7 nitrogen and oxygen atoms in total. The number of benzene rings is 1. The summed E-state index contributed by atoms with van der Waals surface area (Å²) in [7, 11) is 0. The van der Waals surface area contributed by atoms with Crippen molar-refractivity contribution in [3.8, 4) is 11.5 Å². The number of rotatable bonds is 4. The van der Waals surface area contributed by atoms with Gasteiger partial charge in [0.25, 0.3) is 0 Å². The quantitative estimate of drug-likeness (QED) is 0.790. The van der Waals surface area contributed by atoms with E-state index in [0.29, 0.717) is 37.0 Å². The molecule has 0 unspecified atom stereocenters. The third-order valence-corrected chi connectivity index (χ3v) is 5.81. The Hall–Kier alpha value is -2.83. The Morgan fingerprint density at radius 2 is 1.90 bits per heavy atom. The summed E-state index contributed by atoms with van der Waals surface area (Å²) in [5.41, 5.74) is 1.29. The number of oxazole rings is 1. The number of cyclic esters (lactones) is 1. The number of carbonyl (C=O) groups is 2. The maximum Gasteiger partial charge on any atom is 0.410 e. The minimum Gasteiger partial charge on any atom is -0.447 e. The fraction of sp³-hybridized carbons (Fsp3) is 0.500. The first kappa shape index (κ1) is 19.5. The van der Waals surface area contributed by atoms with Crippen molar-refractivity contribution < 1.29 is 18.7 Å². The number of nitrogens with zero attached hydrogens (tertiary/aromatic N) is 3. The molecule has 2 aromatic rings. The molecule has 2 aliphatic heterocycles. The van der Waals surface area contributed by atoms with E-state index in [9.17, 15) is 9.59 Å². The lowest BCUT2D eigenvalue weighted by Crippen LogP contribution is -2.53. The molecular formula is C22H27N3O4. The van der Waals surface area contributed by atoms with Gasteiger partial charge in [-0.25, -0.2) is 9.78 Å². The van der Waals surface area contributed by atoms with Crippen LogP contribution in [0, 0.1) is 6.92 Å². The number of ether oxygens (including phenoxy) is 1. The monoisotopic (exact) mass is 397 g/mol. The molecule has 0 atom stereocenters. The maximum atomic E-state index is 12.8. The largest absolute Gasteiger partial charge is 0.447 e. The molecular weight excluding hydrogens is 370 g/mol. The number of hydrogen-bond donors (Lipinski definition) is 0. The van der Waals surface area contributed by atoms with Crippen LogP contribution in [0.1, 0.15) is 38.1 Å². The van der Waals surface area contributed by atoms with Crippen molar-refractivity contribution in [3.05, 3.63) is 41.8 Å². The molecule has 154 valence electrons. The summed E-state index contributed by atoms with van der Waals surface area (Å²) >= 11 is 0. The van der Waals surface area contributed by atoms with Gasteiger partial charge in [-0.2, -0.15) is 0 Å². The summed E-state index contributed by atoms with van der Waals surface area (Å²) in [6.45, 7) is 7.56. The van der Waals surface area contributed by atoms with Gasteiger partial charge in [-0.15, -0.1) is 0 Å². The molecule has 2 amide bonds. The fourth-order valence-electron chi connectivity index (χ4n) is 4.19. The van der Waals surface area contributed by atoms with Gasteiger partial charge < -0.3 is 14.1 Å². The van der Waals surface area contributed by atoms with Crippen molar-refractivity contribution in [1.29, 1.82) is 0 Å². The predicted octanol–water partition coefficient (Wildman–Crippen LogP) is 3.41. The molecule has 0 saturated carbocycles. The number of amides is 2. The van der Waals surface area contributed by atoms with Crippen molar-refractivity contribution in [2.24, 2.45) is 0 Å². The Balaban J connectivity index is 1.37. The normalized spacial score (nSPS) is 19.5. The van der Waals surface area contributed by atoms with E-state index in [1.807, 2.05) is 60.9 Å². The first-order valence-corrected chi connectivity index (χ1v) is 10.1. The van der Waals surface area contributed by atoms with Crippen LogP contribution in [0.15, 0.2) is 34.7 Å². The number of aromatic nitrogens is 1. The molecule has 2 fully saturated rings. The van der Waals surface area contributed by atoms with E-state index in [4.69, 9.17) is 9.15 Å². The van der Waals surface area contributed by atoms with Gasteiger partial charge in [-0.05, 0) is 45.7 Å². The molecule has 3 heterocycles. The molecule has 2 aliphatic rings. The third kappa shape index (κ3) is 3.86. The molecule has 0 radical (unpaired) electrons. The van der Waals surface area contributed by atoms with Crippen LogP contribution in [0.2, 0.25) is 0 Å². The van der Waals surface area contributed by atoms with E-state index in [2.05, 4.69) is 4.98 Å². The number of aryl methyl sites for hydroxylation is 1. The van der Waals surface area contributed by atoms with Crippen molar-refractivity contribution in [2.75, 3.05) is 19.7 Å². The van der Waals surface area contributed by atoms with Gasteiger partial charge in [0.15, 0.2) is 0 Å². The summed E-state index contributed by atoms with van der Waals surface area (Å²) in [6.07, 6.45) is 1.50. The van der Waals surface area contributed by atoms with Crippen LogP contribution in [-0.4, -0.2) is 58.1 Å². The first-order chi connectivity index (χ1) is 13.8. The lowest BCUT2D eigenvalue weighted by atomic mass is 9.97. The second-order valence-corrected chi connectivity index (χ2v) is 8.41. The Morgan fingerprint density at radius 3 is 2.52 bits per heavy atom. The van der Waals surface area contributed by atoms with Gasteiger partial charge in [0.1, 0.15) is 12.4 Å². The highest BCUT2D eigenvalue weighted by molar-refractivity contribution is 5.79. The summed E-state index contributed by atoms with van der Waals surface area (Å²) in [5.74, 6) is 1.26. The zero-order chi connectivity index (χ0) is 20.6. The molecule has 2 saturated heterocycles. The van der Waals surface area contributed by atoms with Crippen LogP contribution in [0.3, 0.4) is 0 Å². The Labute approximate surface area is 170 Å². The highest BCUT2D eigenvalue weighted by atomic mass is 16.6. The lowest BCUT2D eigenvalue weighted by molar-refractivity contribution is -0.132. The van der Waals surface area contributed by atoms with Gasteiger partial charge in [0.05, 0.1) is 17.7 Å². The summed E-state index contributed by atoms with van der Waals surface area (Å²) in [6, 6.07) is 9.79. The second kappa shape index (κ2) is 7.54. The van der Waals surface area contributed by atoms with Gasteiger partial charge >= 0.3 is 6.09 Å². The van der Waals surface area contributed by atoms with Crippen LogP contribution in [0.4, 0.5) is 4.79 Å². The van der Waals surface area contributed by atoms with Crippen LogP contribution in [0.5, 0.6) is 0 Å². The van der Waals surface area contributed by atoms with Gasteiger partial charge in [0.2, 0.25) is 11.8 Å². The predicted molar refractivity (Wildman–Crippen MR) is 107 cm³/mol. The van der Waals surface area contributed by atoms with Crippen LogP contribution < -0.4 is 0 Å². The SMILES string of the molecule is Cc1oc(-c2ccccc2)nc1CC(=O)N1CCC(N2C(=O)OCC2(C)C)CC1. The highest BCUT2D eigenvalue weighted by Gasteiger charge is 2.44. The minimum absolute atomic E-state index is 0.0442. The molecule has 29 heavy (non-hydrogen) atoms. The van der Waals surface area contributed by atoms with E-state index in [1.54, 1.807) is 0 Å². The molecule has 0 N–H and O–H groups in total. The standard InChI is InChI=1S/C22H27N3O4/c1-15-18(23-20(29-15)16-7-5-4-6-8-16)13-19(26)24-11-9-17(10-12-24)25-21(27)28-14-22(25,2)3/h4-8,17H,9-14H2,1-3H3. The van der Waals surface area contributed by atoms with E-state index in [1.165, 1.54) is 0 Å². The minimum atomic E-state index is -0.292. The van der Waals surface area contributed by atoms with E-state index >= 15 is 0 Å². The highest BCUT2D eigenvalue weighted by Crippen LogP contribution is 2.31. The van der Waals surface area contributed by atoms with Gasteiger partial charge in [-0.3, -0.25) is 9.69 Å². The van der Waals surface area contributed by atoms with Crippen LogP contribution in [-0.2, 0) is 16.0 Å². The van der Waals surface area contributed by atoms with E-state index in [-0.39, 0.29) is 30.0 Å². The van der Waals surface area contributed by atoms with E-state index in [0.717, 1.165) is 18.4 Å². The number of likely N-dealkylation sites (tertiary alicyclic amines) is 1. The van der Waals surface area contributed by atoms with E-state index < -0.39 is 0 Å². The smallest absolute Gasteiger partial charge is 0.410 e. The number of hydrogen-bond acceptors (Lipinski definition) is 5. The molecule has 7 heteroatoms. The molecule has 4 rings (SSSR count). The molecule has 1 aromatic carbocycles. The van der Waals surface area contributed by atoms with Crippen molar-refractivity contribution in [3.63, 3.8) is 0 Å². The first-order valence-electron chi connectivity index (χ1n) is 10.1. The van der Waals surface area contributed by atoms with Crippen molar-refractivity contribution in [2.45, 2.75) is 51.6 Å². The third-order valence-electron chi connectivity index (χ3n) is 5.81. The lowest BCUT2D eigenvalue weighted by Gasteiger charge is -2.40. The van der Waals surface area contributed by atoms with Gasteiger partial charge in [-0.1, -0.05) is 18.2 Å². The molecule has 0 spiro atoms. The average Bonchev–Trinajstić information content (AvgIpc) is 3.21. The summed E-state index contributed by atoms with van der Waals surface area (Å²) < 4.78 is 11.0. The Kier molecular flexibility index (Phi) is 5.06. The Bertz CT molecular complexity index is 898. The van der Waals surface area contributed by atoms with Crippen LogP contribution in [0.25, 0.3) is 11.5 Å². The number of piperidine rings is 1. The Morgan fingerprint density at radius 1 is 1.21 bits per heavy atom.